The molecule has 0 saturated heterocycles. The van der Waals surface area contributed by atoms with Crippen LogP contribution < -0.4 is 14.8 Å². The Balaban J connectivity index is 1.18. The molecule has 7 nitrogen and oxygen atoms in total. The number of hydrogen-bond acceptors (Lipinski definition) is 5. The van der Waals surface area contributed by atoms with E-state index in [1.807, 2.05) is 30.3 Å². The van der Waals surface area contributed by atoms with Gasteiger partial charge in [0.1, 0.15) is 40.5 Å². The molecule has 1 amide bonds. The second-order valence-electron chi connectivity index (χ2n) is 8.38. The molecule has 4 heterocycles. The van der Waals surface area contributed by atoms with E-state index in [0.717, 1.165) is 22.7 Å². The van der Waals surface area contributed by atoms with Crippen molar-refractivity contribution in [2.24, 2.45) is 0 Å². The van der Waals surface area contributed by atoms with E-state index in [-0.39, 0.29) is 29.7 Å². The number of halogens is 1. The van der Waals surface area contributed by atoms with Gasteiger partial charge in [0, 0.05) is 29.7 Å². The first-order valence-electron chi connectivity index (χ1n) is 10.6. The molecule has 1 aliphatic carbocycles. The SMILES string of the molecule is O=C1CCc2c(Oc3ccc4c(c3)C3C(O4)C3c3nc4c(F)cccc4[nH]3)ccnc2N1. The number of benzene rings is 2. The fraction of sp³-hybridized carbons (Fsp3) is 0.208. The molecular formula is C24H17FN4O3. The third kappa shape index (κ3) is 2.55. The number of nitrogens with zero attached hydrogens (tertiary/aromatic N) is 2. The maximum absolute atomic E-state index is 14.1. The number of para-hydroxylation sites is 1. The average Bonchev–Trinajstić information content (AvgIpc) is 3.13. The van der Waals surface area contributed by atoms with Gasteiger partial charge in [-0.15, -0.1) is 0 Å². The van der Waals surface area contributed by atoms with E-state index in [9.17, 15) is 9.18 Å². The minimum absolute atomic E-state index is 0.00669. The van der Waals surface area contributed by atoms with Gasteiger partial charge in [0.05, 0.1) is 11.4 Å². The summed E-state index contributed by atoms with van der Waals surface area (Å²) < 4.78 is 26.4. The van der Waals surface area contributed by atoms with Crippen LogP contribution in [0, 0.1) is 5.82 Å². The van der Waals surface area contributed by atoms with Gasteiger partial charge in [0.25, 0.3) is 0 Å². The van der Waals surface area contributed by atoms with Crippen LogP contribution >= 0.6 is 0 Å². The lowest BCUT2D eigenvalue weighted by Gasteiger charge is -2.19. The smallest absolute Gasteiger partial charge is 0.225 e. The van der Waals surface area contributed by atoms with E-state index in [0.29, 0.717) is 41.2 Å². The van der Waals surface area contributed by atoms with Crippen LogP contribution in [0.1, 0.15) is 35.2 Å². The van der Waals surface area contributed by atoms with Gasteiger partial charge >= 0.3 is 0 Å². The number of carbonyl (C=O) groups excluding carboxylic acids is 1. The summed E-state index contributed by atoms with van der Waals surface area (Å²) in [5.74, 6) is 3.38. The molecule has 0 spiro atoms. The number of nitrogens with one attached hydrogen (secondary N) is 2. The van der Waals surface area contributed by atoms with Crippen LogP contribution in [-0.4, -0.2) is 27.0 Å². The molecule has 0 radical (unpaired) electrons. The predicted octanol–water partition coefficient (Wildman–Crippen LogP) is 4.42. The zero-order chi connectivity index (χ0) is 21.4. The van der Waals surface area contributed by atoms with Gasteiger partial charge in [0.15, 0.2) is 5.82 Å². The molecule has 158 valence electrons. The molecule has 2 aliphatic heterocycles. The predicted molar refractivity (Wildman–Crippen MR) is 114 cm³/mol. The summed E-state index contributed by atoms with van der Waals surface area (Å²) >= 11 is 0. The Hall–Kier alpha value is -3.94. The largest absolute Gasteiger partial charge is 0.489 e. The lowest BCUT2D eigenvalue weighted by Crippen LogP contribution is -2.20. The topological polar surface area (TPSA) is 89.1 Å². The van der Waals surface area contributed by atoms with Crippen molar-refractivity contribution in [3.63, 3.8) is 0 Å². The van der Waals surface area contributed by atoms with Crippen molar-refractivity contribution in [2.75, 3.05) is 5.32 Å². The quantitative estimate of drug-likeness (QED) is 0.504. The van der Waals surface area contributed by atoms with Crippen molar-refractivity contribution in [1.29, 1.82) is 0 Å². The molecule has 2 N–H and O–H groups in total. The Kier molecular flexibility index (Phi) is 3.48. The van der Waals surface area contributed by atoms with E-state index < -0.39 is 0 Å². The molecule has 4 aromatic rings. The zero-order valence-electron chi connectivity index (χ0n) is 16.8. The van der Waals surface area contributed by atoms with Gasteiger partial charge < -0.3 is 19.8 Å². The Morgan fingerprint density at radius 3 is 2.97 bits per heavy atom. The van der Waals surface area contributed by atoms with Crippen LogP contribution in [0.25, 0.3) is 11.0 Å². The summed E-state index contributed by atoms with van der Waals surface area (Å²) in [5.41, 5.74) is 3.01. The number of pyridine rings is 1. The lowest BCUT2D eigenvalue weighted by molar-refractivity contribution is -0.116. The number of aromatic nitrogens is 3. The third-order valence-electron chi connectivity index (χ3n) is 6.46. The molecule has 2 aromatic heterocycles. The number of imidazole rings is 1. The minimum Gasteiger partial charge on any atom is -0.489 e. The van der Waals surface area contributed by atoms with Gasteiger partial charge in [-0.1, -0.05) is 6.07 Å². The summed E-state index contributed by atoms with van der Waals surface area (Å²) in [6, 6.07) is 12.5. The number of aromatic amines is 1. The van der Waals surface area contributed by atoms with E-state index >= 15 is 0 Å². The van der Waals surface area contributed by atoms with Crippen molar-refractivity contribution in [2.45, 2.75) is 30.8 Å². The molecule has 32 heavy (non-hydrogen) atoms. The molecule has 2 aromatic carbocycles. The monoisotopic (exact) mass is 428 g/mol. The number of fused-ring (bicyclic) bond motifs is 5. The van der Waals surface area contributed by atoms with Crippen LogP contribution in [0.3, 0.4) is 0 Å². The molecule has 0 bridgehead atoms. The first-order chi connectivity index (χ1) is 15.7. The fourth-order valence-corrected chi connectivity index (χ4v) is 4.88. The standard InChI is InChI=1S/C24H17FN4O3/c25-14-2-1-3-15-21(14)29-24(27-15)20-19-13-10-11(4-6-16(13)32-22(19)20)31-17-8-9-26-23-12(17)5-7-18(30)28-23/h1-4,6,8-10,19-20,22H,5,7H2,(H,27,29)(H,26,28,30). The number of anilines is 1. The second-order valence-corrected chi connectivity index (χ2v) is 8.38. The zero-order valence-corrected chi connectivity index (χ0v) is 16.8. The first-order valence-corrected chi connectivity index (χ1v) is 10.6. The van der Waals surface area contributed by atoms with Gasteiger partial charge in [0.2, 0.25) is 5.91 Å². The van der Waals surface area contributed by atoms with E-state index in [2.05, 4.69) is 20.3 Å². The molecule has 7 rings (SSSR count). The van der Waals surface area contributed by atoms with Gasteiger partial charge in [-0.05, 0) is 42.8 Å². The molecule has 3 aliphatic rings. The van der Waals surface area contributed by atoms with E-state index in [4.69, 9.17) is 9.47 Å². The van der Waals surface area contributed by atoms with Crippen LogP contribution in [0.4, 0.5) is 10.2 Å². The van der Waals surface area contributed by atoms with Crippen molar-refractivity contribution < 1.29 is 18.7 Å². The number of hydrogen-bond donors (Lipinski definition) is 2. The molecular weight excluding hydrogens is 411 g/mol. The minimum atomic E-state index is -0.329. The number of carbonyl (C=O) groups is 1. The molecule has 8 heteroatoms. The molecule has 1 saturated carbocycles. The maximum atomic E-state index is 14.1. The molecule has 3 unspecified atom stereocenters. The average molecular weight is 428 g/mol. The Bertz CT molecular complexity index is 1430. The van der Waals surface area contributed by atoms with Gasteiger partial charge in [-0.25, -0.2) is 14.4 Å². The third-order valence-corrected chi connectivity index (χ3v) is 6.46. The second kappa shape index (κ2) is 6.29. The molecule has 3 atom stereocenters. The number of H-pyrrole nitrogens is 1. The Morgan fingerprint density at radius 2 is 2.06 bits per heavy atom. The highest BCUT2D eigenvalue weighted by Crippen LogP contribution is 2.63. The maximum Gasteiger partial charge on any atom is 0.225 e. The summed E-state index contributed by atoms with van der Waals surface area (Å²) in [7, 11) is 0. The normalized spacial score (nSPS) is 22.5. The Morgan fingerprint density at radius 1 is 1.12 bits per heavy atom. The van der Waals surface area contributed by atoms with E-state index in [1.54, 1.807) is 12.3 Å². The highest BCUT2D eigenvalue weighted by molar-refractivity contribution is 5.93. The number of amides is 1. The first kappa shape index (κ1) is 17.7. The van der Waals surface area contributed by atoms with Crippen LogP contribution in [0.2, 0.25) is 0 Å². The lowest BCUT2D eigenvalue weighted by atomic mass is 10.1. The summed E-state index contributed by atoms with van der Waals surface area (Å²) in [4.78, 5) is 23.6. The van der Waals surface area contributed by atoms with Crippen molar-refractivity contribution in [3.8, 4) is 17.2 Å². The highest BCUT2D eigenvalue weighted by atomic mass is 19.1. The van der Waals surface area contributed by atoms with Gasteiger partial charge in [-0.2, -0.15) is 0 Å². The van der Waals surface area contributed by atoms with Crippen molar-refractivity contribution >= 4 is 22.8 Å². The Labute approximate surface area is 181 Å². The summed E-state index contributed by atoms with van der Waals surface area (Å²) in [6.45, 7) is 0. The van der Waals surface area contributed by atoms with Crippen LogP contribution in [0.15, 0.2) is 48.7 Å². The van der Waals surface area contributed by atoms with Crippen molar-refractivity contribution in [3.05, 3.63) is 71.4 Å². The van der Waals surface area contributed by atoms with Crippen LogP contribution in [0.5, 0.6) is 17.2 Å². The van der Waals surface area contributed by atoms with E-state index in [1.165, 1.54) is 6.07 Å². The number of rotatable bonds is 3. The highest BCUT2D eigenvalue weighted by Gasteiger charge is 2.61. The fourth-order valence-electron chi connectivity index (χ4n) is 4.88. The summed E-state index contributed by atoms with van der Waals surface area (Å²) in [6.07, 6.45) is 2.63. The van der Waals surface area contributed by atoms with Crippen LogP contribution in [-0.2, 0) is 11.2 Å². The van der Waals surface area contributed by atoms with Crippen molar-refractivity contribution in [1.82, 2.24) is 15.0 Å². The summed E-state index contributed by atoms with van der Waals surface area (Å²) in [5, 5.41) is 2.79. The number of ether oxygens (including phenoxy) is 2. The molecule has 1 fully saturated rings. The van der Waals surface area contributed by atoms with Gasteiger partial charge in [-0.3, -0.25) is 4.79 Å².